The van der Waals surface area contributed by atoms with Crippen LogP contribution in [0.15, 0.2) is 30.3 Å². The number of piperazine rings is 1. The first-order chi connectivity index (χ1) is 8.20. The Kier molecular flexibility index (Phi) is 3.61. The molecule has 2 rings (SSSR count). The third kappa shape index (κ3) is 3.18. The van der Waals surface area contributed by atoms with E-state index in [0.29, 0.717) is 11.1 Å². The maximum Gasteiger partial charge on any atom is 0.185 e. The zero-order valence-corrected chi connectivity index (χ0v) is 9.69. The zero-order valence-electron chi connectivity index (χ0n) is 9.69. The summed E-state index contributed by atoms with van der Waals surface area (Å²) < 4.78 is 0.347. The van der Waals surface area contributed by atoms with Gasteiger partial charge >= 0.3 is 0 Å². The molecule has 1 heterocycles. The van der Waals surface area contributed by atoms with E-state index in [1.54, 1.807) is 0 Å². The van der Waals surface area contributed by atoms with Gasteiger partial charge in [-0.2, -0.15) is 0 Å². The molecule has 1 fully saturated rings. The Morgan fingerprint density at radius 2 is 1.94 bits per heavy atom. The van der Waals surface area contributed by atoms with Crippen LogP contribution in [-0.4, -0.2) is 36.9 Å². The third-order valence-electron chi connectivity index (χ3n) is 3.09. The van der Waals surface area contributed by atoms with Gasteiger partial charge in [-0.3, -0.25) is 0 Å². The summed E-state index contributed by atoms with van der Waals surface area (Å²) in [7, 11) is 0. The van der Waals surface area contributed by atoms with E-state index < -0.39 is 6.09 Å². The van der Waals surface area contributed by atoms with Crippen LogP contribution in [0.25, 0.3) is 0 Å². The van der Waals surface area contributed by atoms with Crippen LogP contribution in [0.5, 0.6) is 0 Å². The maximum absolute atomic E-state index is 10.8. The Balaban J connectivity index is 2.12. The van der Waals surface area contributed by atoms with E-state index in [4.69, 9.17) is 0 Å². The molecule has 1 saturated heterocycles. The summed E-state index contributed by atoms with van der Waals surface area (Å²) >= 11 is 0. The Morgan fingerprint density at radius 3 is 2.53 bits per heavy atom. The summed E-state index contributed by atoms with van der Waals surface area (Å²) in [6.07, 6.45) is -1.21. The fourth-order valence-corrected chi connectivity index (χ4v) is 2.26. The average Bonchev–Trinajstić information content (AvgIpc) is 2.30. The minimum absolute atomic E-state index is 0.347. The number of carbonyl (C=O) groups excluding carboxylic acids is 1. The van der Waals surface area contributed by atoms with Gasteiger partial charge in [0.2, 0.25) is 0 Å². The minimum atomic E-state index is -1.21. The average molecular weight is 235 g/mol. The van der Waals surface area contributed by atoms with Crippen LogP contribution < -0.4 is 15.8 Å². The molecular formula is C12H17N3O2. The molecule has 1 aliphatic heterocycles. The maximum atomic E-state index is 10.8. The monoisotopic (exact) mass is 235 g/mol. The van der Waals surface area contributed by atoms with Crippen LogP contribution in [0, 0.1) is 0 Å². The van der Waals surface area contributed by atoms with Crippen molar-refractivity contribution in [3.8, 4) is 0 Å². The van der Waals surface area contributed by atoms with E-state index in [1.807, 2.05) is 30.3 Å². The van der Waals surface area contributed by atoms with Crippen LogP contribution in [-0.2, 0) is 6.54 Å². The number of rotatable bonds is 3. The molecule has 0 atom stereocenters. The molecule has 5 nitrogen and oxygen atoms in total. The lowest BCUT2D eigenvalue weighted by Gasteiger charge is -2.41. The predicted molar refractivity (Wildman–Crippen MR) is 61.5 cm³/mol. The van der Waals surface area contributed by atoms with E-state index in [1.165, 1.54) is 0 Å². The molecule has 0 radical (unpaired) electrons. The first kappa shape index (κ1) is 11.9. The second kappa shape index (κ2) is 5.16. The number of carboxylic acid groups (broad SMARTS) is 1. The summed E-state index contributed by atoms with van der Waals surface area (Å²) in [5.41, 5.74) is 3.67. The number of amides is 1. The second-order valence-corrected chi connectivity index (χ2v) is 4.39. The zero-order chi connectivity index (χ0) is 12.1. The molecule has 0 aromatic heterocycles. The summed E-state index contributed by atoms with van der Waals surface area (Å²) in [4.78, 5) is 10.8. The highest BCUT2D eigenvalue weighted by atomic mass is 16.4. The number of nitrogens with one attached hydrogen (secondary N) is 2. The van der Waals surface area contributed by atoms with Gasteiger partial charge in [0.25, 0.3) is 0 Å². The van der Waals surface area contributed by atoms with E-state index in [-0.39, 0.29) is 0 Å². The number of benzene rings is 1. The molecule has 1 aromatic rings. The Labute approximate surface area is 101 Å². The fourth-order valence-electron chi connectivity index (χ4n) is 2.26. The molecule has 0 saturated carbocycles. The van der Waals surface area contributed by atoms with Gasteiger partial charge in [-0.25, -0.2) is 10.0 Å². The smallest absolute Gasteiger partial charge is 0.185 e. The van der Waals surface area contributed by atoms with E-state index in [0.717, 1.165) is 31.7 Å². The quantitative estimate of drug-likeness (QED) is 0.691. The normalized spacial score (nSPS) is 18.6. The Morgan fingerprint density at radius 1 is 1.29 bits per heavy atom. The number of nitrogens with zero attached hydrogens (tertiary/aromatic N) is 1. The van der Waals surface area contributed by atoms with Gasteiger partial charge in [-0.15, -0.1) is 0 Å². The summed E-state index contributed by atoms with van der Waals surface area (Å²) in [6.45, 7) is 3.77. The van der Waals surface area contributed by atoms with Crippen LogP contribution >= 0.6 is 0 Å². The molecule has 2 N–H and O–H groups in total. The van der Waals surface area contributed by atoms with Gasteiger partial charge in [0.1, 0.15) is 19.6 Å². The van der Waals surface area contributed by atoms with Gasteiger partial charge in [0.05, 0.1) is 0 Å². The molecular weight excluding hydrogens is 218 g/mol. The van der Waals surface area contributed by atoms with Crippen molar-refractivity contribution in [2.24, 2.45) is 0 Å². The Hall–Kier alpha value is -1.59. The van der Waals surface area contributed by atoms with Crippen LogP contribution in [0.4, 0.5) is 4.79 Å². The number of hydrogen-bond donors (Lipinski definition) is 2. The molecule has 0 unspecified atom stereocenters. The number of quaternary nitrogens is 1. The molecule has 5 heteroatoms. The van der Waals surface area contributed by atoms with Crippen molar-refractivity contribution in [3.05, 3.63) is 35.9 Å². The van der Waals surface area contributed by atoms with Gasteiger partial charge in [0.15, 0.2) is 6.09 Å². The summed E-state index contributed by atoms with van der Waals surface area (Å²) in [6, 6.07) is 9.91. The standard InChI is InChI=1S/C12H17N3O2/c16-12(17)14-15(8-6-13-7-9-15)10-11-4-2-1-3-5-11/h1-5,13-14H,6-10H2. The van der Waals surface area contributed by atoms with Gasteiger partial charge in [-0.05, 0) is 0 Å². The summed E-state index contributed by atoms with van der Waals surface area (Å²) in [5.74, 6) is 0. The molecule has 17 heavy (non-hydrogen) atoms. The van der Waals surface area contributed by atoms with Crippen LogP contribution in [0.1, 0.15) is 5.56 Å². The van der Waals surface area contributed by atoms with Crippen molar-refractivity contribution in [3.63, 3.8) is 0 Å². The minimum Gasteiger partial charge on any atom is -0.526 e. The fraction of sp³-hybridized carbons (Fsp3) is 0.417. The lowest BCUT2D eigenvalue weighted by Crippen LogP contribution is -2.68. The molecule has 1 aliphatic rings. The summed E-state index contributed by atoms with van der Waals surface area (Å²) in [5, 5.41) is 14.0. The van der Waals surface area contributed by atoms with Crippen molar-refractivity contribution >= 4 is 6.09 Å². The van der Waals surface area contributed by atoms with Crippen molar-refractivity contribution < 1.29 is 14.5 Å². The number of carbonyl (C=O) groups is 1. The lowest BCUT2D eigenvalue weighted by atomic mass is 10.2. The van der Waals surface area contributed by atoms with E-state index in [9.17, 15) is 9.90 Å². The van der Waals surface area contributed by atoms with Crippen LogP contribution in [0.3, 0.4) is 0 Å². The first-order valence-corrected chi connectivity index (χ1v) is 5.80. The largest absolute Gasteiger partial charge is 0.526 e. The topological polar surface area (TPSA) is 64.2 Å². The molecule has 0 bridgehead atoms. The molecule has 1 amide bonds. The van der Waals surface area contributed by atoms with Gasteiger partial charge < -0.3 is 15.2 Å². The highest BCUT2D eigenvalue weighted by molar-refractivity contribution is 5.60. The van der Waals surface area contributed by atoms with Crippen molar-refractivity contribution in [1.29, 1.82) is 0 Å². The highest BCUT2D eigenvalue weighted by Crippen LogP contribution is 2.12. The molecule has 0 aliphatic carbocycles. The highest BCUT2D eigenvalue weighted by Gasteiger charge is 2.30. The predicted octanol–water partition coefficient (Wildman–Crippen LogP) is -0.545. The lowest BCUT2D eigenvalue weighted by molar-refractivity contribution is -0.977. The second-order valence-electron chi connectivity index (χ2n) is 4.39. The molecule has 0 spiro atoms. The SMILES string of the molecule is O=C([O-])N[N+]1(Cc2ccccc2)CCNCC1. The number of hydrogen-bond acceptors (Lipinski definition) is 3. The van der Waals surface area contributed by atoms with Gasteiger partial charge in [0, 0.05) is 18.7 Å². The molecule has 92 valence electrons. The molecule has 1 aromatic carbocycles. The third-order valence-corrected chi connectivity index (χ3v) is 3.09. The van der Waals surface area contributed by atoms with Gasteiger partial charge in [-0.1, -0.05) is 30.3 Å². The van der Waals surface area contributed by atoms with Crippen LogP contribution in [0.2, 0.25) is 0 Å². The van der Waals surface area contributed by atoms with Crippen molar-refractivity contribution in [2.75, 3.05) is 26.2 Å². The Bertz CT molecular complexity index is 375. The van der Waals surface area contributed by atoms with Crippen molar-refractivity contribution in [2.45, 2.75) is 6.54 Å². The van der Waals surface area contributed by atoms with E-state index >= 15 is 0 Å². The van der Waals surface area contributed by atoms with Crippen molar-refractivity contribution in [1.82, 2.24) is 10.7 Å². The first-order valence-electron chi connectivity index (χ1n) is 5.80. The van der Waals surface area contributed by atoms with E-state index in [2.05, 4.69) is 10.7 Å².